The molecular formula is C11H15ClN2O2. The lowest BCUT2D eigenvalue weighted by Crippen LogP contribution is -2.38. The standard InChI is InChI=1S/C11H15ClN2O2/c1-6(5-8-3-4-8)14-10(15)7(2)9(12)13-11(14)16/h6,8H,3-5H2,1-2H3,(H,13,16). The summed E-state index contributed by atoms with van der Waals surface area (Å²) in [6.45, 7) is 3.53. The van der Waals surface area contributed by atoms with Crippen LogP contribution in [0.1, 0.15) is 37.8 Å². The monoisotopic (exact) mass is 242 g/mol. The number of rotatable bonds is 3. The van der Waals surface area contributed by atoms with Gasteiger partial charge < -0.3 is 0 Å². The summed E-state index contributed by atoms with van der Waals surface area (Å²) < 4.78 is 1.28. The molecule has 0 aromatic carbocycles. The Balaban J connectivity index is 2.42. The predicted molar refractivity (Wildman–Crippen MR) is 63.1 cm³/mol. The van der Waals surface area contributed by atoms with Crippen LogP contribution in [0.15, 0.2) is 9.59 Å². The molecule has 1 fully saturated rings. The number of H-pyrrole nitrogens is 1. The molecule has 1 aromatic heterocycles. The quantitative estimate of drug-likeness (QED) is 0.823. The molecule has 0 aliphatic heterocycles. The lowest BCUT2D eigenvalue weighted by atomic mass is 10.1. The van der Waals surface area contributed by atoms with E-state index in [1.165, 1.54) is 17.4 Å². The molecule has 1 aliphatic carbocycles. The van der Waals surface area contributed by atoms with Gasteiger partial charge in [0.2, 0.25) is 0 Å². The largest absolute Gasteiger partial charge is 0.329 e. The summed E-state index contributed by atoms with van der Waals surface area (Å²) in [6, 6.07) is -0.0558. The molecule has 1 heterocycles. The van der Waals surface area contributed by atoms with E-state index in [0.29, 0.717) is 11.5 Å². The predicted octanol–water partition coefficient (Wildman–Crippen LogP) is 1.86. The van der Waals surface area contributed by atoms with E-state index in [1.54, 1.807) is 6.92 Å². The fourth-order valence-electron chi connectivity index (χ4n) is 1.96. The highest BCUT2D eigenvalue weighted by Gasteiger charge is 2.25. The lowest BCUT2D eigenvalue weighted by Gasteiger charge is -2.14. The zero-order chi connectivity index (χ0) is 11.9. The van der Waals surface area contributed by atoms with Crippen LogP contribution in [0.25, 0.3) is 0 Å². The minimum absolute atomic E-state index is 0.0558. The SMILES string of the molecule is Cc1c(Cl)[nH]c(=O)n(C(C)CC2CC2)c1=O. The van der Waals surface area contributed by atoms with E-state index in [1.807, 2.05) is 6.92 Å². The minimum atomic E-state index is -0.409. The lowest BCUT2D eigenvalue weighted by molar-refractivity contribution is 0.444. The maximum absolute atomic E-state index is 11.9. The molecular weight excluding hydrogens is 228 g/mol. The summed E-state index contributed by atoms with van der Waals surface area (Å²) in [6.07, 6.45) is 3.32. The molecule has 0 amide bonds. The van der Waals surface area contributed by atoms with Crippen molar-refractivity contribution >= 4 is 11.6 Å². The molecule has 16 heavy (non-hydrogen) atoms. The van der Waals surface area contributed by atoms with E-state index in [2.05, 4.69) is 4.98 Å². The summed E-state index contributed by atoms with van der Waals surface area (Å²) in [4.78, 5) is 26.1. The van der Waals surface area contributed by atoms with Crippen molar-refractivity contribution in [1.29, 1.82) is 0 Å². The van der Waals surface area contributed by atoms with Crippen LogP contribution in [0.2, 0.25) is 5.15 Å². The normalized spacial score (nSPS) is 17.4. The van der Waals surface area contributed by atoms with Crippen molar-refractivity contribution < 1.29 is 0 Å². The van der Waals surface area contributed by atoms with Crippen molar-refractivity contribution in [2.45, 2.75) is 39.2 Å². The number of hydrogen-bond acceptors (Lipinski definition) is 2. The number of nitrogens with one attached hydrogen (secondary N) is 1. The average Bonchev–Trinajstić information content (AvgIpc) is 2.98. The van der Waals surface area contributed by atoms with Gasteiger partial charge in [-0.2, -0.15) is 0 Å². The Morgan fingerprint density at radius 3 is 2.69 bits per heavy atom. The van der Waals surface area contributed by atoms with E-state index in [9.17, 15) is 9.59 Å². The highest BCUT2D eigenvalue weighted by molar-refractivity contribution is 6.30. The second-order valence-corrected chi connectivity index (χ2v) is 4.95. The van der Waals surface area contributed by atoms with Gasteiger partial charge in [0.25, 0.3) is 5.56 Å². The van der Waals surface area contributed by atoms with Crippen LogP contribution in [0.3, 0.4) is 0 Å². The number of hydrogen-bond donors (Lipinski definition) is 1. The fraction of sp³-hybridized carbons (Fsp3) is 0.636. The van der Waals surface area contributed by atoms with Gasteiger partial charge in [-0.25, -0.2) is 4.79 Å². The zero-order valence-electron chi connectivity index (χ0n) is 9.42. The van der Waals surface area contributed by atoms with E-state index in [0.717, 1.165) is 6.42 Å². The van der Waals surface area contributed by atoms with Crippen LogP contribution in [0.4, 0.5) is 0 Å². The molecule has 0 spiro atoms. The van der Waals surface area contributed by atoms with Crippen LogP contribution < -0.4 is 11.2 Å². The first-order chi connectivity index (χ1) is 7.50. The highest BCUT2D eigenvalue weighted by atomic mass is 35.5. The molecule has 88 valence electrons. The molecule has 1 aliphatic rings. The first-order valence-electron chi connectivity index (χ1n) is 5.51. The third kappa shape index (κ3) is 2.07. The van der Waals surface area contributed by atoms with Gasteiger partial charge in [-0.15, -0.1) is 0 Å². The van der Waals surface area contributed by atoms with E-state index < -0.39 is 5.69 Å². The summed E-state index contributed by atoms with van der Waals surface area (Å²) >= 11 is 5.75. The van der Waals surface area contributed by atoms with Gasteiger partial charge in [0.05, 0.1) is 0 Å². The molecule has 5 heteroatoms. The van der Waals surface area contributed by atoms with Crippen LogP contribution in [-0.4, -0.2) is 9.55 Å². The zero-order valence-corrected chi connectivity index (χ0v) is 10.2. The first kappa shape index (κ1) is 11.5. The Bertz CT molecular complexity index is 514. The summed E-state index contributed by atoms with van der Waals surface area (Å²) in [5.74, 6) is 0.678. The molecule has 2 rings (SSSR count). The molecule has 4 nitrogen and oxygen atoms in total. The number of aromatic amines is 1. The third-order valence-electron chi connectivity index (χ3n) is 3.12. The van der Waals surface area contributed by atoms with Crippen LogP contribution in [0, 0.1) is 12.8 Å². The van der Waals surface area contributed by atoms with Crippen molar-refractivity contribution in [3.8, 4) is 0 Å². The van der Waals surface area contributed by atoms with Gasteiger partial charge in [0.1, 0.15) is 5.15 Å². The molecule has 0 saturated heterocycles. The van der Waals surface area contributed by atoms with Gasteiger partial charge in [-0.1, -0.05) is 24.4 Å². The van der Waals surface area contributed by atoms with Gasteiger partial charge >= 0.3 is 5.69 Å². The Morgan fingerprint density at radius 1 is 1.50 bits per heavy atom. The van der Waals surface area contributed by atoms with E-state index in [4.69, 9.17) is 11.6 Å². The van der Waals surface area contributed by atoms with Crippen LogP contribution in [-0.2, 0) is 0 Å². The van der Waals surface area contributed by atoms with E-state index in [-0.39, 0.29) is 16.8 Å². The smallest absolute Gasteiger partial charge is 0.297 e. The highest BCUT2D eigenvalue weighted by Crippen LogP contribution is 2.35. The topological polar surface area (TPSA) is 54.9 Å². The Labute approximate surface area is 98.3 Å². The number of halogens is 1. The van der Waals surface area contributed by atoms with Gasteiger partial charge in [-0.3, -0.25) is 14.3 Å². The fourth-order valence-corrected chi connectivity index (χ4v) is 2.12. The van der Waals surface area contributed by atoms with Crippen molar-refractivity contribution in [3.63, 3.8) is 0 Å². The second-order valence-electron chi connectivity index (χ2n) is 4.57. The first-order valence-corrected chi connectivity index (χ1v) is 5.89. The van der Waals surface area contributed by atoms with Crippen molar-refractivity contribution in [3.05, 3.63) is 31.6 Å². The maximum atomic E-state index is 11.9. The Morgan fingerprint density at radius 2 is 2.12 bits per heavy atom. The van der Waals surface area contributed by atoms with Crippen molar-refractivity contribution in [2.24, 2.45) is 5.92 Å². The van der Waals surface area contributed by atoms with Crippen LogP contribution in [0.5, 0.6) is 0 Å². The summed E-state index contributed by atoms with van der Waals surface area (Å²) in [5, 5.41) is 0.143. The molecule has 0 bridgehead atoms. The van der Waals surface area contributed by atoms with Gasteiger partial charge in [-0.05, 0) is 26.2 Å². The minimum Gasteiger partial charge on any atom is -0.297 e. The van der Waals surface area contributed by atoms with Gasteiger partial charge in [0.15, 0.2) is 0 Å². The summed E-state index contributed by atoms with van der Waals surface area (Å²) in [7, 11) is 0. The molecule has 1 aromatic rings. The van der Waals surface area contributed by atoms with Crippen molar-refractivity contribution in [2.75, 3.05) is 0 Å². The van der Waals surface area contributed by atoms with Crippen LogP contribution >= 0.6 is 11.6 Å². The number of nitrogens with zero attached hydrogens (tertiary/aromatic N) is 1. The van der Waals surface area contributed by atoms with Gasteiger partial charge in [0, 0.05) is 11.6 Å². The molecule has 0 radical (unpaired) electrons. The molecule has 1 saturated carbocycles. The molecule has 1 atom stereocenters. The molecule has 1 N–H and O–H groups in total. The maximum Gasteiger partial charge on any atom is 0.329 e. The Kier molecular flexibility index (Phi) is 2.93. The summed E-state index contributed by atoms with van der Waals surface area (Å²) in [5.41, 5.74) is -0.278. The van der Waals surface area contributed by atoms with E-state index >= 15 is 0 Å². The van der Waals surface area contributed by atoms with Crippen molar-refractivity contribution in [1.82, 2.24) is 9.55 Å². The average molecular weight is 243 g/mol. The number of aromatic nitrogens is 2. The molecule has 1 unspecified atom stereocenters. The third-order valence-corrected chi connectivity index (χ3v) is 3.49. The Hall–Kier alpha value is -1.03. The second kappa shape index (κ2) is 4.09.